The first-order chi connectivity index (χ1) is 27.0. The third-order valence-corrected chi connectivity index (χ3v) is 12.9. The molecule has 0 aliphatic heterocycles. The third-order valence-electron chi connectivity index (χ3n) is 11.1. The number of rotatable bonds is 26. The number of fused-ring (bicyclic) bond motifs is 2. The molecule has 0 atom stereocenters. The van der Waals surface area contributed by atoms with Gasteiger partial charge in [-0.2, -0.15) is 0 Å². The number of aryl methyl sites for hydroxylation is 4. The van der Waals surface area contributed by atoms with Crippen LogP contribution >= 0.6 is 0 Å². The van der Waals surface area contributed by atoms with E-state index in [1.54, 1.807) is 12.1 Å². The van der Waals surface area contributed by atoms with E-state index >= 15 is 0 Å². The molecule has 0 saturated heterocycles. The summed E-state index contributed by atoms with van der Waals surface area (Å²) in [5.41, 5.74) is 4.60. The topological polar surface area (TPSA) is 114 Å². The van der Waals surface area contributed by atoms with Gasteiger partial charge in [0.15, 0.2) is 0 Å². The van der Waals surface area contributed by atoms with Crippen molar-refractivity contribution in [1.29, 1.82) is 0 Å². The van der Waals surface area contributed by atoms with Crippen molar-refractivity contribution in [3.63, 3.8) is 0 Å². The molecule has 6 nitrogen and oxygen atoms in total. The summed E-state index contributed by atoms with van der Waals surface area (Å²) in [6, 6.07) is 18.3. The van der Waals surface area contributed by atoms with E-state index in [4.69, 9.17) is 0 Å². The summed E-state index contributed by atoms with van der Waals surface area (Å²) in [5.74, 6) is 0. The number of hydrogen-bond donors (Lipinski definition) is 0. The molecule has 9 heteroatoms. The van der Waals surface area contributed by atoms with E-state index in [-0.39, 0.29) is 58.7 Å². The molecule has 0 aliphatic carbocycles. The number of benzene rings is 4. The van der Waals surface area contributed by atoms with Gasteiger partial charge in [0.25, 0.3) is 0 Å². The average molecular weight is 945 g/mol. The summed E-state index contributed by atoms with van der Waals surface area (Å²) in [6.07, 6.45) is 27.4. The number of hydrogen-bond acceptors (Lipinski definition) is 6. The molecule has 4 aromatic rings. The molecule has 0 spiro atoms. The van der Waals surface area contributed by atoms with E-state index in [0.29, 0.717) is 10.8 Å². The van der Waals surface area contributed by atoms with Gasteiger partial charge in [-0.1, -0.05) is 179 Å². The quantitative estimate of drug-likeness (QED) is 0.0352. The fourth-order valence-corrected chi connectivity index (χ4v) is 9.50. The fourth-order valence-electron chi connectivity index (χ4n) is 8.03. The first-order valence-electron chi connectivity index (χ1n) is 22.0. The van der Waals surface area contributed by atoms with E-state index in [0.717, 1.165) is 86.1 Å². The molecule has 0 radical (unpaired) electrons. The second-order valence-electron chi connectivity index (χ2n) is 15.7. The van der Waals surface area contributed by atoms with Crippen molar-refractivity contribution in [2.45, 2.75) is 192 Å². The zero-order valence-corrected chi connectivity index (χ0v) is 41.8. The maximum atomic E-state index is 11.9. The summed E-state index contributed by atoms with van der Waals surface area (Å²) < 4.78 is 71.4. The minimum Gasteiger partial charge on any atom is -0.744 e. The molecule has 0 N–H and O–H groups in total. The Morgan fingerprint density at radius 2 is 0.684 bits per heavy atom. The Balaban J connectivity index is 0.000000387. The monoisotopic (exact) mass is 944 g/mol. The van der Waals surface area contributed by atoms with Gasteiger partial charge in [-0.15, -0.1) is 0 Å². The Hall–Kier alpha value is -1.21. The number of unbranched alkanes of at least 4 members (excludes halogenated alkanes) is 16. The van der Waals surface area contributed by atoms with Gasteiger partial charge in [-0.3, -0.25) is 0 Å². The standard InChI is InChI=1S/2C24H36O3S.Ba/c2*1-3-5-7-9-11-14-20-18-19-21-15-13-17-23(28(25,26)27)24(21)22(20)16-12-10-8-6-4-2;/h2*13,15,17-19H,3-12,14,16H2,1-2H3,(H,25,26,27);/q;;+2/p-2. The minimum atomic E-state index is -4.49. The second-order valence-corrected chi connectivity index (χ2v) is 18.4. The molecule has 4 rings (SSSR count). The maximum absolute atomic E-state index is 11.9. The van der Waals surface area contributed by atoms with Crippen molar-refractivity contribution in [1.82, 2.24) is 0 Å². The maximum Gasteiger partial charge on any atom is 2.00 e. The van der Waals surface area contributed by atoms with Crippen molar-refractivity contribution in [3.8, 4) is 0 Å². The van der Waals surface area contributed by atoms with Crippen molar-refractivity contribution >= 4 is 90.7 Å². The molecule has 0 aliphatic rings. The Morgan fingerprint density at radius 3 is 0.982 bits per heavy atom. The first-order valence-corrected chi connectivity index (χ1v) is 24.8. The van der Waals surface area contributed by atoms with Gasteiger partial charge in [0.05, 0.1) is 9.79 Å². The normalized spacial score (nSPS) is 11.8. The van der Waals surface area contributed by atoms with Crippen LogP contribution in [0, 0.1) is 0 Å². The van der Waals surface area contributed by atoms with Crippen molar-refractivity contribution in [3.05, 3.63) is 82.9 Å². The van der Waals surface area contributed by atoms with Crippen molar-refractivity contribution < 1.29 is 25.9 Å². The van der Waals surface area contributed by atoms with E-state index in [9.17, 15) is 25.9 Å². The van der Waals surface area contributed by atoms with Crippen LogP contribution in [0.1, 0.15) is 178 Å². The summed E-state index contributed by atoms with van der Waals surface area (Å²) >= 11 is 0. The van der Waals surface area contributed by atoms with Crippen LogP contribution in [0.2, 0.25) is 0 Å². The SMILES string of the molecule is CCCCCCCc1ccc2cccc(S(=O)(=O)[O-])c2c1CCCCCCC.CCCCCCCc1ccc2cccc(S(=O)(=O)[O-])c2c1CCCCCCC.[Ba+2]. The van der Waals surface area contributed by atoms with Gasteiger partial charge in [0, 0.05) is 10.8 Å². The smallest absolute Gasteiger partial charge is 0.744 e. The summed E-state index contributed by atoms with van der Waals surface area (Å²) in [4.78, 5) is -0.109. The minimum absolute atomic E-state index is 0. The predicted octanol–water partition coefficient (Wildman–Crippen LogP) is 13.2. The van der Waals surface area contributed by atoms with Crippen LogP contribution in [0.25, 0.3) is 21.5 Å². The second kappa shape index (κ2) is 28.3. The molecule has 312 valence electrons. The van der Waals surface area contributed by atoms with Crippen LogP contribution < -0.4 is 0 Å². The molecule has 57 heavy (non-hydrogen) atoms. The van der Waals surface area contributed by atoms with E-state index < -0.39 is 20.2 Å². The first kappa shape index (κ1) is 51.9. The van der Waals surface area contributed by atoms with E-state index in [1.165, 1.54) is 113 Å². The van der Waals surface area contributed by atoms with E-state index in [1.807, 2.05) is 24.3 Å². The summed E-state index contributed by atoms with van der Waals surface area (Å²) in [7, 11) is -8.98. The van der Waals surface area contributed by atoms with Gasteiger partial charge in [0.1, 0.15) is 20.2 Å². The van der Waals surface area contributed by atoms with Crippen LogP contribution in [0.3, 0.4) is 0 Å². The third kappa shape index (κ3) is 17.7. The molecule has 0 saturated carbocycles. The van der Waals surface area contributed by atoms with Gasteiger partial charge in [0.2, 0.25) is 0 Å². The molecule has 4 aromatic carbocycles. The molecular weight excluding hydrogens is 874 g/mol. The molecule has 0 bridgehead atoms. The molecule has 0 aromatic heterocycles. The van der Waals surface area contributed by atoms with Crippen LogP contribution in [0.5, 0.6) is 0 Å². The Kier molecular flexibility index (Phi) is 25.8. The largest absolute Gasteiger partial charge is 2.00 e. The summed E-state index contributed by atoms with van der Waals surface area (Å²) in [5, 5.41) is 3.04. The summed E-state index contributed by atoms with van der Waals surface area (Å²) in [6.45, 7) is 8.83. The van der Waals surface area contributed by atoms with Crippen LogP contribution in [-0.2, 0) is 45.9 Å². The molecule has 0 amide bonds. The van der Waals surface area contributed by atoms with E-state index in [2.05, 4.69) is 39.8 Å². The van der Waals surface area contributed by atoms with Crippen LogP contribution in [-0.4, -0.2) is 74.8 Å². The Labute approximate surface area is 387 Å². The molecular formula is C48H70BaO6S2. The molecule has 0 heterocycles. The van der Waals surface area contributed by atoms with Crippen molar-refractivity contribution in [2.75, 3.05) is 0 Å². The van der Waals surface area contributed by atoms with Crippen LogP contribution in [0.4, 0.5) is 0 Å². The van der Waals surface area contributed by atoms with Crippen LogP contribution in [0.15, 0.2) is 70.5 Å². The zero-order chi connectivity index (χ0) is 40.8. The average Bonchev–Trinajstić information content (AvgIpc) is 3.17. The Bertz CT molecular complexity index is 1830. The predicted molar refractivity (Wildman–Crippen MR) is 239 cm³/mol. The molecule has 0 unspecified atom stereocenters. The van der Waals surface area contributed by atoms with Gasteiger partial charge in [-0.05, 0) is 96.5 Å². The van der Waals surface area contributed by atoms with Gasteiger partial charge in [-0.25, -0.2) is 16.8 Å². The van der Waals surface area contributed by atoms with Crippen molar-refractivity contribution in [2.24, 2.45) is 0 Å². The van der Waals surface area contributed by atoms with Gasteiger partial charge >= 0.3 is 48.9 Å². The molecule has 0 fully saturated rings. The zero-order valence-electron chi connectivity index (χ0n) is 35.7. The Morgan fingerprint density at radius 1 is 0.386 bits per heavy atom. The van der Waals surface area contributed by atoms with Gasteiger partial charge < -0.3 is 9.11 Å². The fraction of sp³-hybridized carbons (Fsp3) is 0.583.